The van der Waals surface area contributed by atoms with Gasteiger partial charge in [0.2, 0.25) is 5.95 Å². The van der Waals surface area contributed by atoms with Crippen LogP contribution >= 0.6 is 9.03 Å². The highest BCUT2D eigenvalue weighted by molar-refractivity contribution is 7.25. The van der Waals surface area contributed by atoms with E-state index in [9.17, 15) is 14.8 Å². The van der Waals surface area contributed by atoms with Crippen LogP contribution in [0.15, 0.2) is 11.1 Å². The van der Waals surface area contributed by atoms with Crippen molar-refractivity contribution in [3.63, 3.8) is 0 Å². The van der Waals surface area contributed by atoms with Gasteiger partial charge in [-0.15, -0.1) is 0 Å². The van der Waals surface area contributed by atoms with Crippen LogP contribution in [0.1, 0.15) is 103 Å². The number of fused-ring (bicyclic) bond motifs is 1. The summed E-state index contributed by atoms with van der Waals surface area (Å²) in [7, 11) is -0.784. The first-order chi connectivity index (χ1) is 18.6. The van der Waals surface area contributed by atoms with Gasteiger partial charge in [-0.3, -0.25) is 14.3 Å². The highest BCUT2D eigenvalue weighted by Crippen LogP contribution is 2.37. The molecule has 1 saturated heterocycles. The van der Waals surface area contributed by atoms with Crippen molar-refractivity contribution in [2.45, 2.75) is 121 Å². The summed E-state index contributed by atoms with van der Waals surface area (Å²) in [5.74, 6) is -0.0366. The fraction of sp³-hybridized carbons (Fsp3) is 0.808. The number of aromatic nitrogens is 4. The van der Waals surface area contributed by atoms with E-state index in [1.54, 1.807) is 4.57 Å². The third kappa shape index (κ3) is 8.96. The summed E-state index contributed by atoms with van der Waals surface area (Å²) >= 11 is 0. The summed E-state index contributed by atoms with van der Waals surface area (Å²) in [5.41, 5.74) is 5.67. The molecule has 216 valence electrons. The van der Waals surface area contributed by atoms with Gasteiger partial charge in [0.1, 0.15) is 18.3 Å². The van der Waals surface area contributed by atoms with Crippen LogP contribution in [-0.2, 0) is 14.0 Å². The number of hydrogen-bond acceptors (Lipinski definition) is 9. The molecule has 5 atom stereocenters. The van der Waals surface area contributed by atoms with Crippen LogP contribution in [0, 0.1) is 0 Å². The molecule has 5 N–H and O–H groups in total. The van der Waals surface area contributed by atoms with Gasteiger partial charge in [-0.2, -0.15) is 4.98 Å². The molecule has 2 aromatic heterocycles. The SMILES string of the molecule is CCCCCCCCCCCCCCCCOC1C(OPO)C(CO)OC1n1cnc2c(=O)[nH]c(N)nc21. The number of nitrogens with two attached hydrogens (primary N) is 1. The second-order valence-corrected chi connectivity index (χ2v) is 10.5. The Kier molecular flexibility index (Phi) is 14.0. The molecule has 0 amide bonds. The first kappa shape index (κ1) is 30.9. The lowest BCUT2D eigenvalue weighted by molar-refractivity contribution is -0.0704. The second-order valence-electron chi connectivity index (χ2n) is 10.1. The Bertz CT molecular complexity index is 989. The van der Waals surface area contributed by atoms with Crippen LogP contribution < -0.4 is 11.3 Å². The third-order valence-electron chi connectivity index (χ3n) is 7.19. The monoisotopic (exact) mass is 555 g/mol. The molecule has 0 aliphatic carbocycles. The van der Waals surface area contributed by atoms with E-state index in [4.69, 9.17) is 19.7 Å². The maximum Gasteiger partial charge on any atom is 0.280 e. The van der Waals surface area contributed by atoms with E-state index >= 15 is 0 Å². The topological polar surface area (TPSA) is 158 Å². The Labute approximate surface area is 226 Å². The first-order valence-corrected chi connectivity index (χ1v) is 15.1. The molecule has 1 aliphatic heterocycles. The van der Waals surface area contributed by atoms with Gasteiger partial charge in [0.05, 0.1) is 12.9 Å². The van der Waals surface area contributed by atoms with Crippen molar-refractivity contribution in [2.75, 3.05) is 18.9 Å². The third-order valence-corrected chi connectivity index (χ3v) is 7.56. The predicted octanol–water partition coefficient (Wildman–Crippen LogP) is 4.34. The maximum atomic E-state index is 12.2. The number of aromatic amines is 1. The molecule has 3 heterocycles. The zero-order valence-corrected chi connectivity index (χ0v) is 23.6. The zero-order valence-electron chi connectivity index (χ0n) is 22.6. The molecular formula is C26H46N5O6P. The van der Waals surface area contributed by atoms with Crippen LogP contribution in [0.3, 0.4) is 0 Å². The Hall–Kier alpha value is -1.62. The largest absolute Gasteiger partial charge is 0.394 e. The van der Waals surface area contributed by atoms with Gasteiger partial charge in [-0.25, -0.2) is 4.98 Å². The summed E-state index contributed by atoms with van der Waals surface area (Å²) in [4.78, 5) is 32.4. The molecule has 1 aliphatic rings. The van der Waals surface area contributed by atoms with Gasteiger partial charge in [0.15, 0.2) is 26.4 Å². The van der Waals surface area contributed by atoms with Crippen molar-refractivity contribution < 1.29 is 24.0 Å². The minimum atomic E-state index is -0.784. The number of aliphatic hydroxyl groups excluding tert-OH is 1. The lowest BCUT2D eigenvalue weighted by Gasteiger charge is -2.24. The quantitative estimate of drug-likeness (QED) is 0.138. The van der Waals surface area contributed by atoms with Gasteiger partial charge in [0, 0.05) is 6.61 Å². The molecule has 38 heavy (non-hydrogen) atoms. The number of nitrogens with one attached hydrogen (secondary N) is 1. The minimum Gasteiger partial charge on any atom is -0.394 e. The lowest BCUT2D eigenvalue weighted by atomic mass is 10.0. The smallest absolute Gasteiger partial charge is 0.280 e. The fourth-order valence-corrected chi connectivity index (χ4v) is 5.51. The Morgan fingerprint density at radius 3 is 2.21 bits per heavy atom. The molecule has 0 bridgehead atoms. The van der Waals surface area contributed by atoms with Crippen molar-refractivity contribution in [1.29, 1.82) is 0 Å². The van der Waals surface area contributed by atoms with E-state index < -0.39 is 39.1 Å². The normalized spacial score (nSPS) is 21.9. The van der Waals surface area contributed by atoms with Crippen LogP contribution in [0.25, 0.3) is 11.2 Å². The Morgan fingerprint density at radius 1 is 1.03 bits per heavy atom. The molecule has 0 saturated carbocycles. The number of aliphatic hydroxyl groups is 1. The van der Waals surface area contributed by atoms with E-state index in [2.05, 4.69) is 21.9 Å². The highest BCUT2D eigenvalue weighted by Gasteiger charge is 2.47. The van der Waals surface area contributed by atoms with E-state index in [1.807, 2.05) is 0 Å². The summed E-state index contributed by atoms with van der Waals surface area (Å²) < 4.78 is 19.3. The number of ether oxygens (including phenoxy) is 2. The number of rotatable bonds is 20. The van der Waals surface area contributed by atoms with Gasteiger partial charge >= 0.3 is 0 Å². The van der Waals surface area contributed by atoms with Crippen LogP contribution in [0.2, 0.25) is 0 Å². The number of nitrogens with zero attached hydrogens (tertiary/aromatic N) is 3. The molecule has 0 spiro atoms. The second kappa shape index (κ2) is 17.2. The fourth-order valence-electron chi connectivity index (χ4n) is 5.10. The number of imidazole rings is 1. The van der Waals surface area contributed by atoms with E-state index in [1.165, 1.54) is 83.4 Å². The molecule has 2 aromatic rings. The van der Waals surface area contributed by atoms with Gasteiger partial charge in [0.25, 0.3) is 5.56 Å². The average Bonchev–Trinajstić information content (AvgIpc) is 3.47. The molecule has 0 aromatic carbocycles. The number of hydrogen-bond donors (Lipinski definition) is 4. The minimum absolute atomic E-state index is 0.0366. The maximum absolute atomic E-state index is 12.2. The lowest BCUT2D eigenvalue weighted by Crippen LogP contribution is -2.36. The molecule has 11 nitrogen and oxygen atoms in total. The summed E-state index contributed by atoms with van der Waals surface area (Å²) in [6, 6.07) is 0. The van der Waals surface area contributed by atoms with E-state index in [0.29, 0.717) is 6.61 Å². The number of anilines is 1. The molecule has 0 radical (unpaired) electrons. The first-order valence-electron chi connectivity index (χ1n) is 14.3. The van der Waals surface area contributed by atoms with E-state index in [0.717, 1.165) is 12.8 Å². The zero-order chi connectivity index (χ0) is 27.2. The Morgan fingerprint density at radius 2 is 1.63 bits per heavy atom. The number of nitrogen functional groups attached to an aromatic ring is 1. The Balaban J connectivity index is 1.41. The van der Waals surface area contributed by atoms with Crippen molar-refractivity contribution in [3.8, 4) is 0 Å². The van der Waals surface area contributed by atoms with Crippen LogP contribution in [0.4, 0.5) is 5.95 Å². The van der Waals surface area contributed by atoms with Gasteiger partial charge in [-0.05, 0) is 6.42 Å². The van der Waals surface area contributed by atoms with Crippen LogP contribution in [-0.4, -0.2) is 61.0 Å². The predicted molar refractivity (Wildman–Crippen MR) is 149 cm³/mol. The summed E-state index contributed by atoms with van der Waals surface area (Å²) in [5, 5.41) is 9.85. The molecule has 5 unspecified atom stereocenters. The van der Waals surface area contributed by atoms with Gasteiger partial charge in [-0.1, -0.05) is 90.4 Å². The summed E-state index contributed by atoms with van der Waals surface area (Å²) in [6.45, 7) is 2.43. The molecular weight excluding hydrogens is 509 g/mol. The molecule has 3 rings (SSSR count). The number of unbranched alkanes of at least 4 members (excludes halogenated alkanes) is 13. The highest BCUT2D eigenvalue weighted by atomic mass is 31.1. The average molecular weight is 556 g/mol. The van der Waals surface area contributed by atoms with Gasteiger partial charge < -0.3 is 29.7 Å². The van der Waals surface area contributed by atoms with E-state index in [-0.39, 0.29) is 23.7 Å². The van der Waals surface area contributed by atoms with Crippen molar-refractivity contribution in [3.05, 3.63) is 16.7 Å². The summed E-state index contributed by atoms with van der Waals surface area (Å²) in [6.07, 6.45) is 16.5. The van der Waals surface area contributed by atoms with Crippen molar-refractivity contribution >= 4 is 26.1 Å². The molecule has 1 fully saturated rings. The van der Waals surface area contributed by atoms with Crippen molar-refractivity contribution in [2.24, 2.45) is 0 Å². The van der Waals surface area contributed by atoms with Crippen molar-refractivity contribution in [1.82, 2.24) is 19.5 Å². The molecule has 12 heteroatoms. The standard InChI is InChI=1S/C26H46N5O6P/c1-2-3-4-5-6-7-8-9-10-11-12-13-14-15-16-35-22-21(37-38-34)19(17-32)36-25(22)31-18-28-20-23(31)29-26(27)30-24(20)33/h18-19,21-22,25,32,34,38H,2-17H2,1H3,(H3,27,29,30,33). The number of H-pyrrole nitrogens is 1. The van der Waals surface area contributed by atoms with Crippen LogP contribution in [0.5, 0.6) is 0 Å².